The van der Waals surface area contributed by atoms with Crippen molar-refractivity contribution < 1.29 is 18.0 Å². The molecule has 0 aliphatic heterocycles. The van der Waals surface area contributed by atoms with Crippen LogP contribution in [0.15, 0.2) is 60.1 Å². The number of rotatable bonds is 4. The van der Waals surface area contributed by atoms with Crippen LogP contribution in [-0.2, 0) is 6.18 Å². The van der Waals surface area contributed by atoms with E-state index in [1.807, 2.05) is 36.5 Å². The number of carbonyl (C=O) groups is 1. The first-order valence-electron chi connectivity index (χ1n) is 10.8. The summed E-state index contributed by atoms with van der Waals surface area (Å²) in [7, 11) is 3.89. The maximum Gasteiger partial charge on any atom is 0.416 e. The summed E-state index contributed by atoms with van der Waals surface area (Å²) in [6.07, 6.45) is -2.81. The van der Waals surface area contributed by atoms with Crippen LogP contribution < -0.4 is 16.4 Å². The number of hydrogen-bond donors (Lipinski definition) is 3. The van der Waals surface area contributed by atoms with Crippen molar-refractivity contribution in [3.8, 4) is 23.0 Å². The Labute approximate surface area is 209 Å². The number of carbonyl (C=O) groups excluding carboxylic acids is 1. The third-order valence-corrected chi connectivity index (χ3v) is 6.16. The minimum atomic E-state index is -4.49. The molecule has 10 heteroatoms. The fourth-order valence-electron chi connectivity index (χ4n) is 3.46. The maximum atomic E-state index is 12.9. The van der Waals surface area contributed by atoms with E-state index in [9.17, 15) is 18.0 Å². The SMILES string of the molecule is CN(C)CC#Cc1cnc(N)c2c(-c3ccc(NC(=O)Nc4cccc(C(F)(F)F)c4)cc3)csc12. The fraction of sp³-hybridized carbons (Fsp3) is 0.154. The number of fused-ring (bicyclic) bond motifs is 1. The molecule has 36 heavy (non-hydrogen) atoms. The number of nitrogens with two attached hydrogens (primary N) is 1. The molecule has 2 amide bonds. The number of nitrogens with one attached hydrogen (secondary N) is 2. The molecule has 0 saturated heterocycles. The highest BCUT2D eigenvalue weighted by Gasteiger charge is 2.30. The third-order valence-electron chi connectivity index (χ3n) is 5.14. The van der Waals surface area contributed by atoms with Gasteiger partial charge in [-0.2, -0.15) is 13.2 Å². The maximum absolute atomic E-state index is 12.9. The van der Waals surface area contributed by atoms with Gasteiger partial charge in [0.15, 0.2) is 0 Å². The normalized spacial score (nSPS) is 11.3. The topological polar surface area (TPSA) is 83.3 Å². The first-order chi connectivity index (χ1) is 17.1. The highest BCUT2D eigenvalue weighted by Crippen LogP contribution is 2.38. The van der Waals surface area contributed by atoms with E-state index in [0.717, 1.165) is 38.9 Å². The van der Waals surface area contributed by atoms with Crippen molar-refractivity contribution in [3.63, 3.8) is 0 Å². The Bertz CT molecular complexity index is 1470. The number of hydrogen-bond acceptors (Lipinski definition) is 5. The zero-order chi connectivity index (χ0) is 25.9. The van der Waals surface area contributed by atoms with Crippen LogP contribution in [0, 0.1) is 11.8 Å². The highest BCUT2D eigenvalue weighted by molar-refractivity contribution is 7.18. The molecule has 0 aliphatic rings. The number of alkyl halides is 3. The Morgan fingerprint density at radius 1 is 1.11 bits per heavy atom. The molecule has 2 aromatic heterocycles. The van der Waals surface area contributed by atoms with Gasteiger partial charge in [0.2, 0.25) is 0 Å². The van der Waals surface area contributed by atoms with Gasteiger partial charge in [0.25, 0.3) is 0 Å². The van der Waals surface area contributed by atoms with E-state index in [1.54, 1.807) is 18.3 Å². The second-order valence-electron chi connectivity index (χ2n) is 8.19. The van der Waals surface area contributed by atoms with E-state index in [2.05, 4.69) is 27.5 Å². The van der Waals surface area contributed by atoms with Crippen molar-refractivity contribution in [2.45, 2.75) is 6.18 Å². The fourth-order valence-corrected chi connectivity index (χ4v) is 4.51. The molecule has 0 unspecified atom stereocenters. The summed E-state index contributed by atoms with van der Waals surface area (Å²) in [4.78, 5) is 18.6. The number of halogens is 3. The molecule has 0 fully saturated rings. The average molecular weight is 510 g/mol. The molecule has 2 heterocycles. The van der Waals surface area contributed by atoms with Crippen LogP contribution in [-0.4, -0.2) is 36.6 Å². The lowest BCUT2D eigenvalue weighted by molar-refractivity contribution is -0.137. The minimum Gasteiger partial charge on any atom is -0.383 e. The summed E-state index contributed by atoms with van der Waals surface area (Å²) in [5.74, 6) is 6.68. The summed E-state index contributed by atoms with van der Waals surface area (Å²) in [5, 5.41) is 7.85. The molecule has 0 atom stereocenters. The molecule has 4 N–H and O–H groups in total. The number of nitrogens with zero attached hydrogens (tertiary/aromatic N) is 2. The predicted octanol–water partition coefficient (Wildman–Crippen LogP) is 6.12. The Morgan fingerprint density at radius 2 is 1.83 bits per heavy atom. The average Bonchev–Trinajstić information content (AvgIpc) is 3.27. The smallest absolute Gasteiger partial charge is 0.383 e. The van der Waals surface area contributed by atoms with Crippen molar-refractivity contribution in [2.75, 3.05) is 37.0 Å². The van der Waals surface area contributed by atoms with Gasteiger partial charge in [-0.15, -0.1) is 11.3 Å². The number of nitrogen functional groups attached to an aromatic ring is 1. The molecule has 6 nitrogen and oxygen atoms in total. The quantitative estimate of drug-likeness (QED) is 0.290. The van der Waals surface area contributed by atoms with Gasteiger partial charge in [0, 0.05) is 28.5 Å². The molecule has 0 spiro atoms. The number of anilines is 3. The Balaban J connectivity index is 1.51. The lowest BCUT2D eigenvalue weighted by Gasteiger charge is -2.11. The van der Waals surface area contributed by atoms with Crippen LogP contribution in [0.4, 0.5) is 35.2 Å². The summed E-state index contributed by atoms with van der Waals surface area (Å²) in [5.41, 5.74) is 8.45. The van der Waals surface area contributed by atoms with Gasteiger partial charge < -0.3 is 16.4 Å². The van der Waals surface area contributed by atoms with Crippen molar-refractivity contribution in [3.05, 3.63) is 71.2 Å². The predicted molar refractivity (Wildman–Crippen MR) is 139 cm³/mol. The number of benzene rings is 2. The zero-order valence-electron chi connectivity index (χ0n) is 19.4. The van der Waals surface area contributed by atoms with E-state index in [-0.39, 0.29) is 5.69 Å². The van der Waals surface area contributed by atoms with Gasteiger partial charge in [-0.05, 0) is 55.4 Å². The van der Waals surface area contributed by atoms with E-state index < -0.39 is 17.8 Å². The number of aromatic nitrogens is 1. The van der Waals surface area contributed by atoms with Gasteiger partial charge in [0.1, 0.15) is 5.82 Å². The molecule has 0 radical (unpaired) electrons. The molecule has 4 rings (SSSR count). The van der Waals surface area contributed by atoms with Gasteiger partial charge in [-0.1, -0.05) is 30.0 Å². The van der Waals surface area contributed by atoms with Crippen molar-refractivity contribution in [2.24, 2.45) is 0 Å². The van der Waals surface area contributed by atoms with E-state index in [1.165, 1.54) is 23.5 Å². The Kier molecular flexibility index (Phi) is 7.15. The Morgan fingerprint density at radius 3 is 2.53 bits per heavy atom. The lowest BCUT2D eigenvalue weighted by atomic mass is 10.0. The molecule has 184 valence electrons. The highest BCUT2D eigenvalue weighted by atomic mass is 32.1. The van der Waals surface area contributed by atoms with Crippen molar-refractivity contribution in [1.82, 2.24) is 9.88 Å². The summed E-state index contributed by atoms with van der Waals surface area (Å²) >= 11 is 1.53. The van der Waals surface area contributed by atoms with E-state index in [0.29, 0.717) is 18.1 Å². The molecular formula is C26H22F3N5OS. The van der Waals surface area contributed by atoms with Crippen LogP contribution in [0.1, 0.15) is 11.1 Å². The summed E-state index contributed by atoms with van der Waals surface area (Å²) in [6, 6.07) is 10.8. The van der Waals surface area contributed by atoms with E-state index >= 15 is 0 Å². The first-order valence-corrected chi connectivity index (χ1v) is 11.6. The molecular weight excluding hydrogens is 487 g/mol. The van der Waals surface area contributed by atoms with Crippen molar-refractivity contribution in [1.29, 1.82) is 0 Å². The molecule has 0 aliphatic carbocycles. The van der Waals surface area contributed by atoms with Gasteiger partial charge in [0.05, 0.1) is 22.4 Å². The van der Waals surface area contributed by atoms with Crippen LogP contribution >= 0.6 is 11.3 Å². The summed E-state index contributed by atoms with van der Waals surface area (Å²) in [6.45, 7) is 0.625. The van der Waals surface area contributed by atoms with Crippen LogP contribution in [0.25, 0.3) is 21.2 Å². The molecule has 0 saturated carbocycles. The van der Waals surface area contributed by atoms with Crippen LogP contribution in [0.2, 0.25) is 0 Å². The lowest BCUT2D eigenvalue weighted by Crippen LogP contribution is -2.19. The standard InChI is InChI=1S/C26H22F3N5OS/c1-34(2)12-4-5-17-14-31-24(30)22-21(15-36-23(17)22)16-8-10-19(11-9-16)32-25(35)33-20-7-3-6-18(13-20)26(27,28)29/h3,6-11,13-15H,12H2,1-2H3,(H2,30,31)(H2,32,33,35). The third kappa shape index (κ3) is 5.76. The monoisotopic (exact) mass is 509 g/mol. The van der Waals surface area contributed by atoms with Crippen molar-refractivity contribution >= 4 is 44.6 Å². The van der Waals surface area contributed by atoms with Gasteiger partial charge in [-0.25, -0.2) is 9.78 Å². The van der Waals surface area contributed by atoms with Crippen LogP contribution in [0.3, 0.4) is 0 Å². The summed E-state index contributed by atoms with van der Waals surface area (Å²) < 4.78 is 39.6. The first kappa shape index (κ1) is 25.0. The second kappa shape index (κ2) is 10.3. The number of urea groups is 1. The van der Waals surface area contributed by atoms with Gasteiger partial charge >= 0.3 is 12.2 Å². The molecule has 0 bridgehead atoms. The second-order valence-corrected chi connectivity index (χ2v) is 9.06. The molecule has 2 aromatic carbocycles. The zero-order valence-corrected chi connectivity index (χ0v) is 20.2. The number of thiophene rings is 1. The molecule has 4 aromatic rings. The number of pyridine rings is 1. The minimum absolute atomic E-state index is 0.0381. The van der Waals surface area contributed by atoms with E-state index in [4.69, 9.17) is 5.73 Å². The largest absolute Gasteiger partial charge is 0.416 e. The van der Waals surface area contributed by atoms with Crippen LogP contribution in [0.5, 0.6) is 0 Å². The Hall–Kier alpha value is -4.07. The van der Waals surface area contributed by atoms with Gasteiger partial charge in [-0.3, -0.25) is 4.90 Å². The number of amides is 2.